The van der Waals surface area contributed by atoms with E-state index in [4.69, 9.17) is 0 Å². The van der Waals surface area contributed by atoms with Gasteiger partial charge in [0.25, 0.3) is 0 Å². The zero-order valence-corrected chi connectivity index (χ0v) is 11.3. The van der Waals surface area contributed by atoms with Crippen LogP contribution in [0, 0.1) is 0 Å². The summed E-state index contributed by atoms with van der Waals surface area (Å²) >= 11 is 1.79. The summed E-state index contributed by atoms with van der Waals surface area (Å²) in [4.78, 5) is 0. The maximum atomic E-state index is 12.0. The van der Waals surface area contributed by atoms with Gasteiger partial charge in [-0.25, -0.2) is 13.1 Å². The fourth-order valence-corrected chi connectivity index (χ4v) is 4.44. The first kappa shape index (κ1) is 12.7. The summed E-state index contributed by atoms with van der Waals surface area (Å²) in [7, 11) is -3.09. The van der Waals surface area contributed by atoms with E-state index in [0.29, 0.717) is 6.54 Å². The highest BCUT2D eigenvalue weighted by molar-refractivity contribution is 8.00. The van der Waals surface area contributed by atoms with Gasteiger partial charge in [-0.15, -0.1) is 0 Å². The van der Waals surface area contributed by atoms with Crippen molar-refractivity contribution in [3.05, 3.63) is 0 Å². The lowest BCUT2D eigenvalue weighted by Gasteiger charge is -2.24. The first-order valence-corrected chi connectivity index (χ1v) is 8.59. The van der Waals surface area contributed by atoms with Crippen LogP contribution in [0.25, 0.3) is 0 Å². The Hall–Kier alpha value is 0.220. The van der Waals surface area contributed by atoms with Crippen LogP contribution in [0.3, 0.4) is 0 Å². The number of thioether (sulfide) groups is 1. The van der Waals surface area contributed by atoms with Gasteiger partial charge in [-0.2, -0.15) is 11.8 Å². The third-order valence-corrected chi connectivity index (χ3v) is 6.88. The molecular weight excluding hydrogens is 244 g/mol. The maximum Gasteiger partial charge on any atom is 0.214 e. The van der Waals surface area contributed by atoms with E-state index in [1.54, 1.807) is 11.8 Å². The first-order valence-electron chi connectivity index (χ1n) is 5.82. The molecule has 0 aromatic rings. The van der Waals surface area contributed by atoms with Crippen molar-refractivity contribution in [3.63, 3.8) is 0 Å². The van der Waals surface area contributed by atoms with Crippen LogP contribution < -0.4 is 10.0 Å². The number of piperidine rings is 1. The summed E-state index contributed by atoms with van der Waals surface area (Å²) in [5.41, 5.74) is 0. The Morgan fingerprint density at radius 3 is 2.50 bits per heavy atom. The molecule has 0 aromatic carbocycles. The summed E-state index contributed by atoms with van der Waals surface area (Å²) in [6.45, 7) is 2.25. The monoisotopic (exact) mass is 264 g/mol. The molecule has 16 heavy (non-hydrogen) atoms. The normalized spacial score (nSPS) is 25.6. The SMILES string of the molecule is CSC1(CNS(=O)(=O)C2CCNCC2)CC1. The molecule has 0 radical (unpaired) electrons. The van der Waals surface area contributed by atoms with Crippen molar-refractivity contribution < 1.29 is 8.42 Å². The van der Waals surface area contributed by atoms with Crippen LogP contribution in [0.4, 0.5) is 0 Å². The van der Waals surface area contributed by atoms with Crippen molar-refractivity contribution in [2.75, 3.05) is 25.9 Å². The minimum absolute atomic E-state index is 0.189. The number of sulfonamides is 1. The molecule has 0 spiro atoms. The fourth-order valence-electron chi connectivity index (χ4n) is 2.05. The van der Waals surface area contributed by atoms with Gasteiger partial charge in [0.1, 0.15) is 0 Å². The van der Waals surface area contributed by atoms with Crippen LogP contribution in [-0.2, 0) is 10.0 Å². The van der Waals surface area contributed by atoms with Crippen LogP contribution in [0.1, 0.15) is 25.7 Å². The van der Waals surface area contributed by atoms with Crippen LogP contribution in [0.15, 0.2) is 0 Å². The van der Waals surface area contributed by atoms with Crippen molar-refractivity contribution in [3.8, 4) is 0 Å². The van der Waals surface area contributed by atoms with Crippen LogP contribution in [-0.4, -0.2) is 44.3 Å². The zero-order valence-electron chi connectivity index (χ0n) is 9.66. The van der Waals surface area contributed by atoms with E-state index in [9.17, 15) is 8.42 Å². The van der Waals surface area contributed by atoms with E-state index in [1.807, 2.05) is 0 Å². The van der Waals surface area contributed by atoms with Crippen molar-refractivity contribution >= 4 is 21.8 Å². The summed E-state index contributed by atoms with van der Waals surface area (Å²) < 4.78 is 27.1. The van der Waals surface area contributed by atoms with Gasteiger partial charge in [-0.1, -0.05) is 0 Å². The molecule has 2 fully saturated rings. The maximum absolute atomic E-state index is 12.0. The first-order chi connectivity index (χ1) is 7.58. The second-order valence-corrected chi connectivity index (χ2v) is 8.02. The molecule has 0 atom stereocenters. The van der Waals surface area contributed by atoms with E-state index in [1.165, 1.54) is 0 Å². The van der Waals surface area contributed by atoms with Gasteiger partial charge in [0.2, 0.25) is 10.0 Å². The molecule has 2 aliphatic rings. The molecule has 6 heteroatoms. The van der Waals surface area contributed by atoms with Gasteiger partial charge >= 0.3 is 0 Å². The van der Waals surface area contributed by atoms with Gasteiger partial charge in [0.15, 0.2) is 0 Å². The molecule has 1 saturated heterocycles. The molecular formula is C10H20N2O2S2. The molecule has 1 heterocycles. The van der Waals surface area contributed by atoms with Gasteiger partial charge in [-0.05, 0) is 45.0 Å². The molecule has 1 aliphatic heterocycles. The highest BCUT2D eigenvalue weighted by atomic mass is 32.2. The Balaban J connectivity index is 1.87. The smallest absolute Gasteiger partial charge is 0.214 e. The Kier molecular flexibility index (Phi) is 3.83. The van der Waals surface area contributed by atoms with Gasteiger partial charge in [-0.3, -0.25) is 0 Å². The van der Waals surface area contributed by atoms with Crippen molar-refractivity contribution in [2.24, 2.45) is 0 Å². The highest BCUT2D eigenvalue weighted by Crippen LogP contribution is 2.46. The minimum Gasteiger partial charge on any atom is -0.317 e. The van der Waals surface area contributed by atoms with Gasteiger partial charge in [0, 0.05) is 11.3 Å². The molecule has 2 rings (SSSR count). The van der Waals surface area contributed by atoms with E-state index < -0.39 is 10.0 Å². The lowest BCUT2D eigenvalue weighted by Crippen LogP contribution is -2.43. The summed E-state index contributed by atoms with van der Waals surface area (Å²) in [6.07, 6.45) is 5.82. The highest BCUT2D eigenvalue weighted by Gasteiger charge is 2.43. The summed E-state index contributed by atoms with van der Waals surface area (Å²) in [5.74, 6) is 0. The van der Waals surface area contributed by atoms with Crippen molar-refractivity contribution in [2.45, 2.75) is 35.7 Å². The fraction of sp³-hybridized carbons (Fsp3) is 1.00. The standard InChI is InChI=1S/C10H20N2O2S2/c1-15-10(4-5-10)8-12-16(13,14)9-2-6-11-7-3-9/h9,11-12H,2-8H2,1H3. The Morgan fingerprint density at radius 2 is 2.00 bits per heavy atom. The van der Waals surface area contributed by atoms with E-state index >= 15 is 0 Å². The lowest BCUT2D eigenvalue weighted by atomic mass is 10.2. The number of rotatable bonds is 5. The van der Waals surface area contributed by atoms with E-state index in [0.717, 1.165) is 38.8 Å². The van der Waals surface area contributed by atoms with Crippen LogP contribution in [0.2, 0.25) is 0 Å². The number of nitrogens with one attached hydrogen (secondary N) is 2. The Bertz CT molecular complexity index is 333. The predicted molar refractivity (Wildman–Crippen MR) is 68.3 cm³/mol. The average molecular weight is 264 g/mol. The van der Waals surface area contributed by atoms with Gasteiger partial charge in [0.05, 0.1) is 5.25 Å². The Morgan fingerprint density at radius 1 is 1.38 bits per heavy atom. The third kappa shape index (κ3) is 2.91. The number of hydrogen-bond acceptors (Lipinski definition) is 4. The molecule has 0 unspecified atom stereocenters. The summed E-state index contributed by atoms with van der Waals surface area (Å²) in [5, 5.41) is 3.00. The number of hydrogen-bond donors (Lipinski definition) is 2. The molecule has 0 bridgehead atoms. The quantitative estimate of drug-likeness (QED) is 0.761. The average Bonchev–Trinajstić information content (AvgIpc) is 3.09. The van der Waals surface area contributed by atoms with Crippen molar-refractivity contribution in [1.29, 1.82) is 0 Å². The van der Waals surface area contributed by atoms with Crippen molar-refractivity contribution in [1.82, 2.24) is 10.0 Å². The molecule has 4 nitrogen and oxygen atoms in total. The minimum atomic E-state index is -3.09. The second kappa shape index (κ2) is 4.84. The molecule has 0 aromatic heterocycles. The second-order valence-electron chi connectivity index (χ2n) is 4.70. The predicted octanol–water partition coefficient (Wildman–Crippen LogP) is 0.553. The van der Waals surface area contributed by atoms with Gasteiger partial charge < -0.3 is 5.32 Å². The topological polar surface area (TPSA) is 58.2 Å². The van der Waals surface area contributed by atoms with E-state index in [-0.39, 0.29) is 10.00 Å². The summed E-state index contributed by atoms with van der Waals surface area (Å²) in [6, 6.07) is 0. The third-order valence-electron chi connectivity index (χ3n) is 3.56. The molecule has 0 amide bonds. The largest absolute Gasteiger partial charge is 0.317 e. The van der Waals surface area contributed by atoms with E-state index in [2.05, 4.69) is 16.3 Å². The lowest BCUT2D eigenvalue weighted by molar-refractivity contribution is 0.489. The molecule has 1 aliphatic carbocycles. The van der Waals surface area contributed by atoms with Crippen LogP contribution in [0.5, 0.6) is 0 Å². The van der Waals surface area contributed by atoms with Crippen LogP contribution >= 0.6 is 11.8 Å². The Labute approximate surface area is 102 Å². The molecule has 1 saturated carbocycles. The zero-order chi connectivity index (χ0) is 11.6. The molecule has 94 valence electrons. The molecule has 2 N–H and O–H groups in total.